The number of nitrogens with zero attached hydrogens (tertiary/aromatic N) is 3. The number of rotatable bonds is 3. The van der Waals surface area contributed by atoms with Crippen molar-refractivity contribution < 1.29 is 24.5 Å². The summed E-state index contributed by atoms with van der Waals surface area (Å²) in [5.74, 6) is 0. The number of hydrogen-bond donors (Lipinski definition) is 3. The van der Waals surface area contributed by atoms with Crippen LogP contribution < -0.4 is 0 Å². The van der Waals surface area contributed by atoms with Crippen LogP contribution in [0.4, 0.5) is 0 Å². The van der Waals surface area contributed by atoms with Gasteiger partial charge in [-0.2, -0.15) is 0 Å². The Morgan fingerprint density at radius 2 is 2.04 bits per heavy atom. The Bertz CT molecular complexity index is 816. The van der Waals surface area contributed by atoms with E-state index < -0.39 is 24.5 Å². The summed E-state index contributed by atoms with van der Waals surface area (Å²) >= 11 is 0. The minimum Gasteiger partial charge on any atom is -0.472 e. The highest BCUT2D eigenvalue weighted by atomic mass is 16.6. The number of hydrogen-bond acceptors (Lipinski definition) is 7. The Hall–Kier alpha value is -2.26. The third-order valence-corrected chi connectivity index (χ3v) is 4.10. The summed E-state index contributed by atoms with van der Waals surface area (Å²) in [4.78, 5) is 8.53. The quantitative estimate of drug-likeness (QED) is 0.636. The van der Waals surface area contributed by atoms with Crippen LogP contribution in [0, 0.1) is 0 Å². The molecule has 1 fully saturated rings. The third kappa shape index (κ3) is 2.15. The standard InChI is InChI=1S/C15H15N3O5/c19-5-10-12(20)13(21)15(23-10)18-3-1-9-11(8-2-4-22-6-8)16-7-17-14(9)18/h1-4,6-7,10,12-13,15,19-21H,5H2/t10-,12-,13+,15-/m1/s1. The van der Waals surface area contributed by atoms with Crippen molar-refractivity contribution in [2.45, 2.75) is 24.5 Å². The molecule has 0 radical (unpaired) electrons. The van der Waals surface area contributed by atoms with Crippen molar-refractivity contribution in [3.05, 3.63) is 37.2 Å². The molecule has 120 valence electrons. The molecule has 3 aromatic rings. The number of aliphatic hydroxyl groups is 3. The Morgan fingerprint density at radius 3 is 2.74 bits per heavy atom. The summed E-state index contributed by atoms with van der Waals surface area (Å²) < 4.78 is 12.3. The summed E-state index contributed by atoms with van der Waals surface area (Å²) in [5, 5.41) is 30.1. The summed E-state index contributed by atoms with van der Waals surface area (Å²) in [5.41, 5.74) is 2.08. The van der Waals surface area contributed by atoms with Gasteiger partial charge in [-0.1, -0.05) is 0 Å². The molecular weight excluding hydrogens is 302 g/mol. The highest BCUT2D eigenvalue weighted by molar-refractivity contribution is 5.90. The van der Waals surface area contributed by atoms with Gasteiger partial charge in [-0.25, -0.2) is 9.97 Å². The zero-order valence-corrected chi connectivity index (χ0v) is 12.0. The van der Waals surface area contributed by atoms with Crippen LogP contribution in [0.5, 0.6) is 0 Å². The molecule has 1 saturated heterocycles. The molecule has 4 rings (SSSR count). The molecule has 1 aliphatic heterocycles. The van der Waals surface area contributed by atoms with E-state index in [1.165, 1.54) is 6.33 Å². The molecule has 1 aliphatic rings. The molecule has 0 bridgehead atoms. The van der Waals surface area contributed by atoms with E-state index in [0.717, 1.165) is 10.9 Å². The summed E-state index contributed by atoms with van der Waals surface area (Å²) in [6, 6.07) is 3.61. The van der Waals surface area contributed by atoms with Crippen LogP contribution in [0.1, 0.15) is 6.23 Å². The van der Waals surface area contributed by atoms with Gasteiger partial charge in [0.2, 0.25) is 0 Å². The van der Waals surface area contributed by atoms with Crippen molar-refractivity contribution in [3.8, 4) is 11.3 Å². The van der Waals surface area contributed by atoms with Gasteiger partial charge >= 0.3 is 0 Å². The van der Waals surface area contributed by atoms with Gasteiger partial charge in [0, 0.05) is 17.1 Å². The van der Waals surface area contributed by atoms with Crippen molar-refractivity contribution >= 4 is 11.0 Å². The molecule has 0 aliphatic carbocycles. The van der Waals surface area contributed by atoms with E-state index in [0.29, 0.717) is 11.3 Å². The van der Waals surface area contributed by atoms with Crippen molar-refractivity contribution in [1.29, 1.82) is 0 Å². The molecular formula is C15H15N3O5. The summed E-state index contributed by atoms with van der Waals surface area (Å²) in [6.45, 7) is -0.372. The monoisotopic (exact) mass is 317 g/mol. The molecule has 0 spiro atoms. The summed E-state index contributed by atoms with van der Waals surface area (Å²) in [6.07, 6.45) is 2.31. The van der Waals surface area contributed by atoms with E-state index in [9.17, 15) is 15.3 Å². The first kappa shape index (κ1) is 14.3. The first-order chi connectivity index (χ1) is 11.2. The molecule has 4 atom stereocenters. The van der Waals surface area contributed by atoms with Crippen molar-refractivity contribution in [2.24, 2.45) is 0 Å². The minimum atomic E-state index is -1.16. The van der Waals surface area contributed by atoms with E-state index in [-0.39, 0.29) is 6.61 Å². The van der Waals surface area contributed by atoms with Gasteiger partial charge in [0.05, 0.1) is 24.8 Å². The normalized spacial score (nSPS) is 27.8. The maximum atomic E-state index is 10.2. The molecule has 0 amide bonds. The lowest BCUT2D eigenvalue weighted by atomic mass is 10.1. The first-order valence-electron chi connectivity index (χ1n) is 7.17. The van der Waals surface area contributed by atoms with Gasteiger partial charge in [-0.15, -0.1) is 0 Å². The average Bonchev–Trinajstić information content (AvgIpc) is 3.28. The molecule has 3 aromatic heterocycles. The predicted molar refractivity (Wildman–Crippen MR) is 78.2 cm³/mol. The van der Waals surface area contributed by atoms with E-state index in [1.54, 1.807) is 29.4 Å². The van der Waals surface area contributed by atoms with Gasteiger partial charge in [0.25, 0.3) is 0 Å². The van der Waals surface area contributed by atoms with Crippen LogP contribution in [0.15, 0.2) is 41.6 Å². The molecule has 8 heteroatoms. The van der Waals surface area contributed by atoms with Gasteiger partial charge < -0.3 is 29.0 Å². The lowest BCUT2D eigenvalue weighted by Gasteiger charge is -2.17. The molecule has 8 nitrogen and oxygen atoms in total. The fourth-order valence-electron chi connectivity index (χ4n) is 2.92. The fraction of sp³-hybridized carbons (Fsp3) is 0.333. The van der Waals surface area contributed by atoms with Gasteiger partial charge in [-0.3, -0.25) is 0 Å². The lowest BCUT2D eigenvalue weighted by Crippen LogP contribution is -2.33. The van der Waals surface area contributed by atoms with Gasteiger partial charge in [-0.05, 0) is 12.1 Å². The third-order valence-electron chi connectivity index (χ3n) is 4.10. The number of fused-ring (bicyclic) bond motifs is 1. The Labute approximate surface area is 130 Å². The minimum absolute atomic E-state index is 0.372. The van der Waals surface area contributed by atoms with Crippen LogP contribution >= 0.6 is 0 Å². The van der Waals surface area contributed by atoms with Crippen LogP contribution in [0.2, 0.25) is 0 Å². The highest BCUT2D eigenvalue weighted by Crippen LogP contribution is 2.34. The smallest absolute Gasteiger partial charge is 0.164 e. The first-order valence-corrected chi connectivity index (χ1v) is 7.17. The van der Waals surface area contributed by atoms with Crippen LogP contribution in [-0.2, 0) is 4.74 Å². The Morgan fingerprint density at radius 1 is 1.17 bits per heavy atom. The fourth-order valence-corrected chi connectivity index (χ4v) is 2.92. The maximum Gasteiger partial charge on any atom is 0.164 e. The zero-order valence-electron chi connectivity index (χ0n) is 12.0. The molecule has 0 unspecified atom stereocenters. The largest absolute Gasteiger partial charge is 0.472 e. The van der Waals surface area contributed by atoms with Crippen LogP contribution in [0.25, 0.3) is 22.3 Å². The molecule has 4 heterocycles. The predicted octanol–water partition coefficient (Wildman–Crippen LogP) is 0.303. The van der Waals surface area contributed by atoms with Crippen molar-refractivity contribution in [3.63, 3.8) is 0 Å². The van der Waals surface area contributed by atoms with Crippen molar-refractivity contribution in [2.75, 3.05) is 6.61 Å². The molecule has 0 saturated carbocycles. The van der Waals surface area contributed by atoms with Gasteiger partial charge in [0.1, 0.15) is 30.3 Å². The second kappa shape index (κ2) is 5.43. The highest BCUT2D eigenvalue weighted by Gasteiger charge is 2.43. The second-order valence-electron chi connectivity index (χ2n) is 5.42. The maximum absolute atomic E-state index is 10.2. The summed E-state index contributed by atoms with van der Waals surface area (Å²) in [7, 11) is 0. The van der Waals surface area contributed by atoms with E-state index in [2.05, 4.69) is 9.97 Å². The second-order valence-corrected chi connectivity index (χ2v) is 5.42. The van der Waals surface area contributed by atoms with Crippen LogP contribution in [0.3, 0.4) is 0 Å². The van der Waals surface area contributed by atoms with E-state index >= 15 is 0 Å². The SMILES string of the molecule is OC[C@H]1O[C@@H](n2ccc3c(-c4ccoc4)ncnc32)[C@@H](O)[C@@H]1O. The van der Waals surface area contributed by atoms with Crippen LogP contribution in [-0.4, -0.2) is 54.8 Å². The lowest BCUT2D eigenvalue weighted by molar-refractivity contribution is -0.0508. The van der Waals surface area contributed by atoms with Gasteiger partial charge in [0.15, 0.2) is 6.23 Å². The Kier molecular flexibility index (Phi) is 3.38. The number of furan rings is 1. The number of aliphatic hydroxyl groups excluding tert-OH is 3. The number of aromatic nitrogens is 3. The van der Waals surface area contributed by atoms with Crippen molar-refractivity contribution in [1.82, 2.24) is 14.5 Å². The average molecular weight is 317 g/mol. The Balaban J connectivity index is 1.80. The molecule has 3 N–H and O–H groups in total. The van der Waals surface area contributed by atoms with E-state index in [4.69, 9.17) is 9.15 Å². The molecule has 23 heavy (non-hydrogen) atoms. The van der Waals surface area contributed by atoms with E-state index in [1.807, 2.05) is 6.07 Å². The zero-order chi connectivity index (χ0) is 16.0. The topological polar surface area (TPSA) is 114 Å². The molecule has 0 aromatic carbocycles. The number of ether oxygens (including phenoxy) is 1.